The highest BCUT2D eigenvalue weighted by molar-refractivity contribution is 14.0. The molecule has 1 fully saturated rings. The monoisotopic (exact) mass is 553 g/mol. The molecule has 30 heavy (non-hydrogen) atoms. The average molecular weight is 554 g/mol. The highest BCUT2D eigenvalue weighted by Crippen LogP contribution is 2.22. The number of halogens is 1. The molecule has 0 radical (unpaired) electrons. The maximum atomic E-state index is 13.2. The number of aliphatic imine (C=N–C) groups is 1. The van der Waals surface area contributed by atoms with Crippen LogP contribution in [0.5, 0.6) is 0 Å². The zero-order valence-electron chi connectivity index (χ0n) is 18.3. The zero-order valence-corrected chi connectivity index (χ0v) is 21.4. The molecule has 1 saturated heterocycles. The lowest BCUT2D eigenvalue weighted by Crippen LogP contribution is -2.47. The van der Waals surface area contributed by atoms with E-state index in [1.807, 2.05) is 33.0 Å². The first-order valence-corrected chi connectivity index (χ1v) is 11.8. The minimum atomic E-state index is -3.52. The fourth-order valence-electron chi connectivity index (χ4n) is 3.08. The summed E-state index contributed by atoms with van der Waals surface area (Å²) in [5.74, 6) is 0.677. The lowest BCUT2D eigenvalue weighted by Gasteiger charge is -2.32. The molecule has 2 N–H and O–H groups in total. The molecule has 0 atom stereocenters. The minimum absolute atomic E-state index is 0. The maximum Gasteiger partial charge on any atom is 0.243 e. The van der Waals surface area contributed by atoms with Crippen LogP contribution in [0.15, 0.2) is 34.2 Å². The summed E-state index contributed by atoms with van der Waals surface area (Å²) in [5.41, 5.74) is 0.706. The fourth-order valence-corrected chi connectivity index (χ4v) is 4.72. The first-order valence-electron chi connectivity index (χ1n) is 10.4. The molecule has 0 spiro atoms. The van der Waals surface area contributed by atoms with Gasteiger partial charge in [-0.2, -0.15) is 4.31 Å². The highest BCUT2D eigenvalue weighted by Gasteiger charge is 2.29. The van der Waals surface area contributed by atoms with Crippen molar-refractivity contribution in [3.63, 3.8) is 0 Å². The van der Waals surface area contributed by atoms with Gasteiger partial charge in [0.2, 0.25) is 10.0 Å². The largest absolute Gasteiger partial charge is 0.382 e. The maximum absolute atomic E-state index is 13.2. The Hall–Kier alpha value is -0.950. The predicted octanol–water partition coefficient (Wildman–Crippen LogP) is 1.72. The third-order valence-electron chi connectivity index (χ3n) is 4.77. The number of rotatable bonds is 10. The van der Waals surface area contributed by atoms with Gasteiger partial charge in [0.1, 0.15) is 0 Å². The summed E-state index contributed by atoms with van der Waals surface area (Å²) in [6.07, 6.45) is 0.882. The van der Waals surface area contributed by atoms with Crippen molar-refractivity contribution < 1.29 is 13.2 Å². The van der Waals surface area contributed by atoms with Gasteiger partial charge in [-0.05, 0) is 38.9 Å². The Kier molecular flexibility index (Phi) is 12.8. The number of guanidine groups is 1. The summed E-state index contributed by atoms with van der Waals surface area (Å²) in [7, 11) is -1.51. The molecule has 1 aromatic rings. The van der Waals surface area contributed by atoms with Crippen LogP contribution >= 0.6 is 24.0 Å². The topological polar surface area (TPSA) is 86.3 Å². The molecule has 0 aliphatic carbocycles. The van der Waals surface area contributed by atoms with Crippen LogP contribution in [0.4, 0.5) is 0 Å². The number of hydrogen-bond acceptors (Lipinski definition) is 5. The third kappa shape index (κ3) is 8.29. The molecule has 0 amide bonds. The van der Waals surface area contributed by atoms with Crippen molar-refractivity contribution in [3.8, 4) is 0 Å². The molecule has 0 bridgehead atoms. The van der Waals surface area contributed by atoms with Crippen LogP contribution in [0.3, 0.4) is 0 Å². The molecule has 10 heteroatoms. The van der Waals surface area contributed by atoms with Crippen molar-refractivity contribution in [2.24, 2.45) is 4.99 Å². The second-order valence-electron chi connectivity index (χ2n) is 6.99. The number of ether oxygens (including phenoxy) is 1. The van der Waals surface area contributed by atoms with E-state index in [-0.39, 0.29) is 24.0 Å². The molecule has 1 aromatic carbocycles. The van der Waals surface area contributed by atoms with Crippen molar-refractivity contribution in [3.05, 3.63) is 29.8 Å². The van der Waals surface area contributed by atoms with Gasteiger partial charge in [-0.1, -0.05) is 18.2 Å². The number of hydrogen-bond donors (Lipinski definition) is 2. The van der Waals surface area contributed by atoms with E-state index in [0.717, 1.165) is 32.6 Å². The lowest BCUT2D eigenvalue weighted by molar-refractivity contribution is 0.145. The van der Waals surface area contributed by atoms with Crippen molar-refractivity contribution in [2.75, 3.05) is 59.5 Å². The highest BCUT2D eigenvalue weighted by atomic mass is 127. The number of piperazine rings is 1. The minimum Gasteiger partial charge on any atom is -0.382 e. The van der Waals surface area contributed by atoms with Gasteiger partial charge in [0.25, 0.3) is 0 Å². The Morgan fingerprint density at radius 3 is 2.50 bits per heavy atom. The number of nitrogens with one attached hydrogen (secondary N) is 2. The SMILES string of the molecule is CCNC(=NCc1ccccc1S(=O)(=O)N1CCN(C)CC1)NCCCOCC.I. The summed E-state index contributed by atoms with van der Waals surface area (Å²) in [5, 5.41) is 6.47. The van der Waals surface area contributed by atoms with Crippen molar-refractivity contribution in [1.82, 2.24) is 19.8 Å². The second kappa shape index (κ2) is 14.2. The van der Waals surface area contributed by atoms with Gasteiger partial charge < -0.3 is 20.3 Å². The molecular weight excluding hydrogens is 517 g/mol. The molecule has 172 valence electrons. The van der Waals surface area contributed by atoms with Crippen LogP contribution in [0.25, 0.3) is 0 Å². The molecule has 0 unspecified atom stereocenters. The Labute approximate surface area is 198 Å². The number of sulfonamides is 1. The molecule has 0 aromatic heterocycles. The molecule has 8 nitrogen and oxygen atoms in total. The lowest BCUT2D eigenvalue weighted by atomic mass is 10.2. The van der Waals surface area contributed by atoms with E-state index >= 15 is 0 Å². The molecule has 1 heterocycles. The van der Waals surface area contributed by atoms with Gasteiger partial charge in [-0.15, -0.1) is 24.0 Å². The van der Waals surface area contributed by atoms with Crippen molar-refractivity contribution in [1.29, 1.82) is 0 Å². The Morgan fingerprint density at radius 2 is 1.83 bits per heavy atom. The standard InChI is InChI=1S/C20H35N5O3S.HI/c1-4-21-20(22-11-8-16-28-5-2)23-17-18-9-6-7-10-19(18)29(26,27)25-14-12-24(3)13-15-25;/h6-7,9-10H,4-5,8,11-17H2,1-3H3,(H2,21,22,23);1H. The molecule has 0 saturated carbocycles. The van der Waals surface area contributed by atoms with Gasteiger partial charge in [0, 0.05) is 52.5 Å². The van der Waals surface area contributed by atoms with Gasteiger partial charge in [-0.3, -0.25) is 0 Å². The van der Waals surface area contributed by atoms with E-state index in [1.54, 1.807) is 16.4 Å². The number of nitrogens with zero attached hydrogens (tertiary/aromatic N) is 3. The van der Waals surface area contributed by atoms with Gasteiger partial charge in [0.05, 0.1) is 11.4 Å². The quantitative estimate of drug-likeness (QED) is 0.199. The van der Waals surface area contributed by atoms with Crippen molar-refractivity contribution >= 4 is 40.0 Å². The van der Waals surface area contributed by atoms with E-state index in [4.69, 9.17) is 4.74 Å². The van der Waals surface area contributed by atoms with Gasteiger partial charge in [0.15, 0.2) is 5.96 Å². The summed E-state index contributed by atoms with van der Waals surface area (Å²) >= 11 is 0. The van der Waals surface area contributed by atoms with Crippen LogP contribution in [-0.2, 0) is 21.3 Å². The van der Waals surface area contributed by atoms with Gasteiger partial charge in [-0.25, -0.2) is 13.4 Å². The van der Waals surface area contributed by atoms with E-state index in [1.165, 1.54) is 0 Å². The average Bonchev–Trinajstić information content (AvgIpc) is 2.72. The Bertz CT molecular complexity index is 753. The zero-order chi connectivity index (χ0) is 21.1. The van der Waals surface area contributed by atoms with Crippen LogP contribution < -0.4 is 10.6 Å². The number of benzene rings is 1. The van der Waals surface area contributed by atoms with E-state index in [2.05, 4.69) is 20.5 Å². The van der Waals surface area contributed by atoms with E-state index < -0.39 is 10.0 Å². The summed E-state index contributed by atoms with van der Waals surface area (Å²) in [6.45, 7) is 9.69. The number of likely N-dealkylation sites (N-methyl/N-ethyl adjacent to an activating group) is 1. The smallest absolute Gasteiger partial charge is 0.243 e. The molecule has 1 aliphatic heterocycles. The van der Waals surface area contributed by atoms with Crippen LogP contribution in [0.1, 0.15) is 25.8 Å². The Morgan fingerprint density at radius 1 is 1.13 bits per heavy atom. The summed E-state index contributed by atoms with van der Waals surface area (Å²) in [6, 6.07) is 7.15. The van der Waals surface area contributed by atoms with Crippen LogP contribution in [0.2, 0.25) is 0 Å². The fraction of sp³-hybridized carbons (Fsp3) is 0.650. The third-order valence-corrected chi connectivity index (χ3v) is 6.77. The molecule has 1 aliphatic rings. The van der Waals surface area contributed by atoms with Gasteiger partial charge >= 0.3 is 0 Å². The van der Waals surface area contributed by atoms with E-state index in [0.29, 0.717) is 49.3 Å². The summed E-state index contributed by atoms with van der Waals surface area (Å²) < 4.78 is 33.3. The Balaban J connectivity index is 0.00000450. The molecule has 2 rings (SSSR count). The van der Waals surface area contributed by atoms with Crippen LogP contribution in [0, 0.1) is 0 Å². The predicted molar refractivity (Wildman–Crippen MR) is 132 cm³/mol. The first-order chi connectivity index (χ1) is 14.0. The second-order valence-corrected chi connectivity index (χ2v) is 8.89. The van der Waals surface area contributed by atoms with Crippen molar-refractivity contribution in [2.45, 2.75) is 31.7 Å². The summed E-state index contributed by atoms with van der Waals surface area (Å²) in [4.78, 5) is 7.08. The first kappa shape index (κ1) is 27.1. The van der Waals surface area contributed by atoms with Crippen LogP contribution in [-0.4, -0.2) is 83.1 Å². The normalized spacial score (nSPS) is 16.2. The van der Waals surface area contributed by atoms with E-state index in [9.17, 15) is 8.42 Å². The molecular formula is C20H36IN5O3S.